The van der Waals surface area contributed by atoms with Crippen molar-refractivity contribution >= 4 is 27.8 Å². The fourth-order valence-electron chi connectivity index (χ4n) is 1.74. The third-order valence-corrected chi connectivity index (χ3v) is 3.08. The number of nitrogens with zero attached hydrogens (tertiary/aromatic N) is 4. The zero-order valence-electron chi connectivity index (χ0n) is 10.3. The zero-order chi connectivity index (χ0) is 13.1. The Morgan fingerprint density at radius 1 is 1.50 bits per heavy atom. The number of carbonyl (C=O) groups excluding carboxylic acids is 1. The van der Waals surface area contributed by atoms with Crippen LogP contribution < -0.4 is 4.90 Å². The van der Waals surface area contributed by atoms with Crippen molar-refractivity contribution in [2.24, 2.45) is 0 Å². The summed E-state index contributed by atoms with van der Waals surface area (Å²) in [4.78, 5) is 23.8. The van der Waals surface area contributed by atoms with Gasteiger partial charge in [-0.2, -0.15) is 0 Å². The lowest BCUT2D eigenvalue weighted by molar-refractivity contribution is -0.141. The summed E-state index contributed by atoms with van der Waals surface area (Å²) in [6.07, 6.45) is 2.95. The molecule has 98 valence electrons. The van der Waals surface area contributed by atoms with Crippen LogP contribution in [0.2, 0.25) is 0 Å². The largest absolute Gasteiger partial charge is 0.365 e. The topological polar surface area (TPSA) is 58.6 Å². The number of hydrogen-bond acceptors (Lipinski definition) is 5. The van der Waals surface area contributed by atoms with Gasteiger partial charge < -0.3 is 14.5 Å². The lowest BCUT2D eigenvalue weighted by atomic mass is 10.2. The summed E-state index contributed by atoms with van der Waals surface area (Å²) in [6, 6.07) is 0. The SMILES string of the molecule is CN(C)C(=O)C1CN(c2ncc(Br)cn2)CCO1. The van der Waals surface area contributed by atoms with Crippen LogP contribution in [0.3, 0.4) is 0 Å². The summed E-state index contributed by atoms with van der Waals surface area (Å²) in [6.45, 7) is 1.68. The van der Waals surface area contributed by atoms with Crippen LogP contribution in [0.1, 0.15) is 0 Å². The summed E-state index contributed by atoms with van der Waals surface area (Å²) in [7, 11) is 3.45. The molecule has 0 radical (unpaired) electrons. The highest BCUT2D eigenvalue weighted by atomic mass is 79.9. The van der Waals surface area contributed by atoms with Crippen molar-refractivity contribution in [1.29, 1.82) is 0 Å². The summed E-state index contributed by atoms with van der Waals surface area (Å²) in [5, 5.41) is 0. The van der Waals surface area contributed by atoms with Crippen molar-refractivity contribution in [1.82, 2.24) is 14.9 Å². The molecule has 0 saturated carbocycles. The van der Waals surface area contributed by atoms with Gasteiger partial charge in [-0.05, 0) is 15.9 Å². The van der Waals surface area contributed by atoms with E-state index < -0.39 is 6.10 Å². The van der Waals surface area contributed by atoms with E-state index >= 15 is 0 Å². The van der Waals surface area contributed by atoms with Crippen LogP contribution in [0.15, 0.2) is 16.9 Å². The predicted octanol–water partition coefficient (Wildman–Crippen LogP) is 0.532. The van der Waals surface area contributed by atoms with Gasteiger partial charge in [0, 0.05) is 33.0 Å². The molecule has 1 atom stereocenters. The Kier molecular flexibility index (Phi) is 4.13. The van der Waals surface area contributed by atoms with Crippen LogP contribution in [0.5, 0.6) is 0 Å². The molecule has 1 amide bonds. The summed E-state index contributed by atoms with van der Waals surface area (Å²) < 4.78 is 6.31. The lowest BCUT2D eigenvalue weighted by Crippen LogP contribution is -2.50. The molecule has 0 aromatic carbocycles. The molecule has 1 aliphatic heterocycles. The van der Waals surface area contributed by atoms with Gasteiger partial charge in [-0.3, -0.25) is 4.79 Å². The number of aromatic nitrogens is 2. The standard InChI is InChI=1S/C11H15BrN4O2/c1-15(2)10(17)9-7-16(3-4-18-9)11-13-5-8(12)6-14-11/h5-6,9H,3-4,7H2,1-2H3. The fourth-order valence-corrected chi connectivity index (χ4v) is 1.94. The smallest absolute Gasteiger partial charge is 0.253 e. The van der Waals surface area contributed by atoms with E-state index in [2.05, 4.69) is 25.9 Å². The number of rotatable bonds is 2. The second-order valence-electron chi connectivity index (χ2n) is 4.24. The number of likely N-dealkylation sites (N-methyl/N-ethyl adjacent to an activating group) is 1. The average Bonchev–Trinajstić information content (AvgIpc) is 2.38. The monoisotopic (exact) mass is 314 g/mol. The summed E-state index contributed by atoms with van der Waals surface area (Å²) in [5.74, 6) is 0.592. The quantitative estimate of drug-likeness (QED) is 0.797. The molecule has 1 fully saturated rings. The van der Waals surface area contributed by atoms with Gasteiger partial charge in [-0.25, -0.2) is 9.97 Å². The maximum Gasteiger partial charge on any atom is 0.253 e. The molecule has 1 saturated heterocycles. The van der Waals surface area contributed by atoms with Crippen LogP contribution in [0, 0.1) is 0 Å². The van der Waals surface area contributed by atoms with Gasteiger partial charge in [-0.15, -0.1) is 0 Å². The number of anilines is 1. The average molecular weight is 315 g/mol. The van der Waals surface area contributed by atoms with Crippen molar-refractivity contribution in [3.05, 3.63) is 16.9 Å². The Morgan fingerprint density at radius 3 is 2.78 bits per heavy atom. The minimum atomic E-state index is -0.444. The molecule has 0 bridgehead atoms. The Balaban J connectivity index is 2.07. The first kappa shape index (κ1) is 13.2. The van der Waals surface area contributed by atoms with Crippen molar-refractivity contribution in [2.45, 2.75) is 6.10 Å². The molecule has 1 unspecified atom stereocenters. The van der Waals surface area contributed by atoms with Crippen molar-refractivity contribution in [2.75, 3.05) is 38.7 Å². The van der Waals surface area contributed by atoms with Gasteiger partial charge in [0.15, 0.2) is 6.10 Å². The number of ether oxygens (including phenoxy) is 1. The van der Waals surface area contributed by atoms with Crippen molar-refractivity contribution in [3.63, 3.8) is 0 Å². The lowest BCUT2D eigenvalue weighted by Gasteiger charge is -2.33. The third kappa shape index (κ3) is 2.97. The minimum absolute atomic E-state index is 0.0307. The summed E-state index contributed by atoms with van der Waals surface area (Å²) >= 11 is 3.29. The first-order valence-corrected chi connectivity index (χ1v) is 6.42. The van der Waals surface area contributed by atoms with Crippen molar-refractivity contribution in [3.8, 4) is 0 Å². The van der Waals surface area contributed by atoms with E-state index in [1.165, 1.54) is 4.90 Å². The number of halogens is 1. The number of carbonyl (C=O) groups is 1. The molecule has 6 nitrogen and oxygen atoms in total. The Morgan fingerprint density at radius 2 is 2.17 bits per heavy atom. The van der Waals surface area contributed by atoms with Crippen LogP contribution in [0.25, 0.3) is 0 Å². The van der Waals surface area contributed by atoms with Crippen LogP contribution in [0.4, 0.5) is 5.95 Å². The highest BCUT2D eigenvalue weighted by molar-refractivity contribution is 9.10. The highest BCUT2D eigenvalue weighted by Crippen LogP contribution is 2.15. The van der Waals surface area contributed by atoms with Gasteiger partial charge in [0.25, 0.3) is 5.91 Å². The molecular formula is C11H15BrN4O2. The minimum Gasteiger partial charge on any atom is -0.365 e. The second-order valence-corrected chi connectivity index (χ2v) is 5.16. The Labute approximate surface area is 114 Å². The molecule has 1 aromatic heterocycles. The molecule has 18 heavy (non-hydrogen) atoms. The highest BCUT2D eigenvalue weighted by Gasteiger charge is 2.28. The molecule has 2 rings (SSSR count). The molecule has 1 aliphatic rings. The van der Waals surface area contributed by atoms with E-state index in [4.69, 9.17) is 4.74 Å². The maximum absolute atomic E-state index is 11.9. The molecular weight excluding hydrogens is 300 g/mol. The first-order chi connectivity index (χ1) is 8.58. The van der Waals surface area contributed by atoms with Gasteiger partial charge in [-0.1, -0.05) is 0 Å². The number of hydrogen-bond donors (Lipinski definition) is 0. The predicted molar refractivity (Wildman–Crippen MR) is 70.4 cm³/mol. The van der Waals surface area contributed by atoms with Gasteiger partial charge in [0.2, 0.25) is 5.95 Å². The van der Waals surface area contributed by atoms with E-state index in [9.17, 15) is 4.79 Å². The maximum atomic E-state index is 11.9. The van der Waals surface area contributed by atoms with E-state index in [1.807, 2.05) is 4.90 Å². The molecule has 0 spiro atoms. The normalized spacial score (nSPS) is 19.7. The van der Waals surface area contributed by atoms with Gasteiger partial charge >= 0.3 is 0 Å². The third-order valence-electron chi connectivity index (χ3n) is 2.67. The van der Waals surface area contributed by atoms with Crippen molar-refractivity contribution < 1.29 is 9.53 Å². The summed E-state index contributed by atoms with van der Waals surface area (Å²) in [5.41, 5.74) is 0. The van der Waals surface area contributed by atoms with E-state index in [0.717, 1.165) is 4.47 Å². The van der Waals surface area contributed by atoms with E-state index in [1.54, 1.807) is 26.5 Å². The fraction of sp³-hybridized carbons (Fsp3) is 0.545. The van der Waals surface area contributed by atoms with Crippen LogP contribution in [-0.2, 0) is 9.53 Å². The molecule has 1 aromatic rings. The van der Waals surface area contributed by atoms with E-state index in [-0.39, 0.29) is 5.91 Å². The number of morpholine rings is 1. The van der Waals surface area contributed by atoms with E-state index in [0.29, 0.717) is 25.6 Å². The molecule has 2 heterocycles. The Hall–Kier alpha value is -1.21. The van der Waals surface area contributed by atoms with Crippen LogP contribution >= 0.6 is 15.9 Å². The molecule has 0 aliphatic carbocycles. The second kappa shape index (κ2) is 5.62. The van der Waals surface area contributed by atoms with Gasteiger partial charge in [0.1, 0.15) is 0 Å². The first-order valence-electron chi connectivity index (χ1n) is 5.63. The zero-order valence-corrected chi connectivity index (χ0v) is 11.9. The number of amides is 1. The molecule has 0 N–H and O–H groups in total. The van der Waals surface area contributed by atoms with Gasteiger partial charge in [0.05, 0.1) is 17.6 Å². The Bertz CT molecular complexity index is 424. The molecule has 7 heteroatoms. The van der Waals surface area contributed by atoms with Crippen LogP contribution in [-0.4, -0.2) is 60.7 Å².